The number of carbonyl (C=O) groups is 1. The second-order valence-electron chi connectivity index (χ2n) is 5.86. The molecule has 24 heavy (non-hydrogen) atoms. The van der Waals surface area contributed by atoms with Gasteiger partial charge in [-0.05, 0) is 32.8 Å². The van der Waals surface area contributed by atoms with Gasteiger partial charge >= 0.3 is 0 Å². The summed E-state index contributed by atoms with van der Waals surface area (Å²) in [6.45, 7) is 5.27. The first-order chi connectivity index (χ1) is 11.5. The van der Waals surface area contributed by atoms with Crippen LogP contribution in [0.5, 0.6) is 5.75 Å². The first kappa shape index (κ1) is 18.7. The third kappa shape index (κ3) is 4.70. The van der Waals surface area contributed by atoms with Gasteiger partial charge in [0.15, 0.2) is 0 Å². The molecule has 1 fully saturated rings. The number of carbonyl (C=O) groups excluding carboxylic acids is 1. The summed E-state index contributed by atoms with van der Waals surface area (Å²) in [6, 6.07) is 7.59. The fourth-order valence-electron chi connectivity index (χ4n) is 2.86. The summed E-state index contributed by atoms with van der Waals surface area (Å²) in [5.74, 6) is 0.444. The van der Waals surface area contributed by atoms with E-state index in [4.69, 9.17) is 4.74 Å². The molecule has 1 aromatic carbocycles. The molecule has 2 rings (SSSR count). The van der Waals surface area contributed by atoms with Crippen molar-refractivity contribution in [3.63, 3.8) is 0 Å². The van der Waals surface area contributed by atoms with E-state index in [0.717, 1.165) is 11.3 Å². The van der Waals surface area contributed by atoms with Crippen LogP contribution in [0, 0.1) is 5.92 Å². The van der Waals surface area contributed by atoms with Crippen molar-refractivity contribution >= 4 is 15.9 Å². The van der Waals surface area contributed by atoms with E-state index in [1.54, 1.807) is 6.92 Å². The topological polar surface area (TPSA) is 75.7 Å². The summed E-state index contributed by atoms with van der Waals surface area (Å²) < 4.78 is 31.0. The molecule has 0 aliphatic carbocycles. The van der Waals surface area contributed by atoms with Crippen LogP contribution >= 0.6 is 0 Å². The average molecular weight is 354 g/mol. The first-order valence-corrected chi connectivity index (χ1v) is 10.0. The third-order valence-electron chi connectivity index (χ3n) is 4.24. The Kier molecular flexibility index (Phi) is 6.62. The van der Waals surface area contributed by atoms with Gasteiger partial charge < -0.3 is 10.1 Å². The molecule has 1 aliphatic heterocycles. The Balaban J connectivity index is 1.95. The van der Waals surface area contributed by atoms with Crippen molar-refractivity contribution < 1.29 is 17.9 Å². The number of nitrogens with one attached hydrogen (secondary N) is 1. The van der Waals surface area contributed by atoms with Gasteiger partial charge in [-0.25, -0.2) is 12.7 Å². The number of ether oxygens (including phenoxy) is 1. The van der Waals surface area contributed by atoms with Gasteiger partial charge in [0.1, 0.15) is 5.75 Å². The number of hydrogen-bond donors (Lipinski definition) is 1. The Labute approximate surface area is 144 Å². The molecule has 1 saturated heterocycles. The van der Waals surface area contributed by atoms with Crippen molar-refractivity contribution in [2.45, 2.75) is 33.2 Å². The molecule has 0 aromatic heterocycles. The predicted octanol–water partition coefficient (Wildman–Crippen LogP) is 1.76. The fraction of sp³-hybridized carbons (Fsp3) is 0.588. The quantitative estimate of drug-likeness (QED) is 0.810. The van der Waals surface area contributed by atoms with Crippen molar-refractivity contribution in [2.75, 3.05) is 25.4 Å². The minimum atomic E-state index is -3.24. The molecule has 0 unspecified atom stereocenters. The lowest BCUT2D eigenvalue weighted by atomic mass is 9.98. The van der Waals surface area contributed by atoms with Gasteiger partial charge in [-0.1, -0.05) is 18.2 Å². The zero-order chi connectivity index (χ0) is 17.6. The second kappa shape index (κ2) is 8.48. The number of para-hydroxylation sites is 1. The van der Waals surface area contributed by atoms with Crippen LogP contribution < -0.4 is 10.1 Å². The van der Waals surface area contributed by atoms with Gasteiger partial charge in [0.25, 0.3) is 0 Å². The number of sulfonamides is 1. The minimum Gasteiger partial charge on any atom is -0.494 e. The Bertz CT molecular complexity index is 660. The number of piperidine rings is 1. The van der Waals surface area contributed by atoms with Crippen molar-refractivity contribution in [3.05, 3.63) is 29.8 Å². The summed E-state index contributed by atoms with van der Waals surface area (Å²) in [7, 11) is -3.24. The Morgan fingerprint density at radius 2 is 2.08 bits per heavy atom. The molecule has 6 nitrogen and oxygen atoms in total. The number of nitrogens with zero attached hydrogens (tertiary/aromatic N) is 1. The van der Waals surface area contributed by atoms with Gasteiger partial charge in [-0.15, -0.1) is 0 Å². The monoisotopic (exact) mass is 354 g/mol. The third-order valence-corrected chi connectivity index (χ3v) is 6.09. The van der Waals surface area contributed by atoms with Crippen LogP contribution in [-0.4, -0.2) is 44.1 Å². The maximum absolute atomic E-state index is 12.4. The van der Waals surface area contributed by atoms with Crippen LogP contribution in [0.4, 0.5) is 0 Å². The lowest BCUT2D eigenvalue weighted by Gasteiger charge is -2.31. The number of hydrogen-bond acceptors (Lipinski definition) is 4. The average Bonchev–Trinajstić information content (AvgIpc) is 2.61. The van der Waals surface area contributed by atoms with Gasteiger partial charge in [-0.3, -0.25) is 4.79 Å². The van der Waals surface area contributed by atoms with E-state index in [1.807, 2.05) is 31.2 Å². The van der Waals surface area contributed by atoms with Gasteiger partial charge in [0.2, 0.25) is 15.9 Å². The van der Waals surface area contributed by atoms with E-state index < -0.39 is 10.0 Å². The molecule has 1 atom stereocenters. The van der Waals surface area contributed by atoms with E-state index in [-0.39, 0.29) is 24.1 Å². The van der Waals surface area contributed by atoms with E-state index in [9.17, 15) is 13.2 Å². The molecule has 1 heterocycles. The highest BCUT2D eigenvalue weighted by Crippen LogP contribution is 2.21. The molecule has 1 aromatic rings. The SMILES string of the molecule is CCOc1ccccc1CNC(=O)[C@H]1CCCN(S(=O)(=O)CC)C1. The highest BCUT2D eigenvalue weighted by atomic mass is 32.2. The first-order valence-electron chi connectivity index (χ1n) is 8.44. The van der Waals surface area contributed by atoms with Crippen LogP contribution in [0.1, 0.15) is 32.3 Å². The molecule has 1 N–H and O–H groups in total. The van der Waals surface area contributed by atoms with Crippen molar-refractivity contribution in [2.24, 2.45) is 5.92 Å². The van der Waals surface area contributed by atoms with E-state index in [2.05, 4.69) is 5.32 Å². The van der Waals surface area contributed by atoms with Gasteiger partial charge in [-0.2, -0.15) is 0 Å². The minimum absolute atomic E-state index is 0.0725. The molecule has 0 saturated carbocycles. The van der Waals surface area contributed by atoms with Crippen LogP contribution in [0.3, 0.4) is 0 Å². The summed E-state index contributed by atoms with van der Waals surface area (Å²) in [6.07, 6.45) is 1.43. The van der Waals surface area contributed by atoms with Gasteiger partial charge in [0.05, 0.1) is 18.3 Å². The summed E-state index contributed by atoms with van der Waals surface area (Å²) >= 11 is 0. The Morgan fingerprint density at radius 3 is 2.79 bits per heavy atom. The molecule has 0 bridgehead atoms. The Hall–Kier alpha value is -1.60. The maximum Gasteiger partial charge on any atom is 0.224 e. The van der Waals surface area contributed by atoms with Crippen molar-refractivity contribution in [1.82, 2.24) is 9.62 Å². The highest BCUT2D eigenvalue weighted by Gasteiger charge is 2.31. The molecule has 1 amide bonds. The zero-order valence-corrected chi connectivity index (χ0v) is 15.1. The highest BCUT2D eigenvalue weighted by molar-refractivity contribution is 7.89. The van der Waals surface area contributed by atoms with Gasteiger partial charge in [0, 0.05) is 25.2 Å². The second-order valence-corrected chi connectivity index (χ2v) is 8.11. The van der Waals surface area contributed by atoms with E-state index in [1.165, 1.54) is 4.31 Å². The van der Waals surface area contributed by atoms with E-state index >= 15 is 0 Å². The van der Waals surface area contributed by atoms with Crippen LogP contribution in [-0.2, 0) is 21.4 Å². The number of amides is 1. The zero-order valence-electron chi connectivity index (χ0n) is 14.3. The smallest absolute Gasteiger partial charge is 0.224 e. The van der Waals surface area contributed by atoms with Crippen LogP contribution in [0.25, 0.3) is 0 Å². The number of benzene rings is 1. The summed E-state index contributed by atoms with van der Waals surface area (Å²) in [5.41, 5.74) is 0.918. The van der Waals surface area contributed by atoms with Crippen molar-refractivity contribution in [3.8, 4) is 5.75 Å². The summed E-state index contributed by atoms with van der Waals surface area (Å²) in [5, 5.41) is 2.92. The van der Waals surface area contributed by atoms with E-state index in [0.29, 0.717) is 32.5 Å². The lowest BCUT2D eigenvalue weighted by Crippen LogP contribution is -2.45. The predicted molar refractivity (Wildman–Crippen MR) is 93.2 cm³/mol. The molecular weight excluding hydrogens is 328 g/mol. The number of rotatable bonds is 7. The maximum atomic E-state index is 12.4. The standard InChI is InChI=1S/C17H26N2O4S/c1-3-23-16-10-6-5-8-14(16)12-18-17(20)15-9-7-11-19(13-15)24(21,22)4-2/h5-6,8,10,15H,3-4,7,9,11-13H2,1-2H3,(H,18,20)/t15-/m0/s1. The van der Waals surface area contributed by atoms with Crippen LogP contribution in [0.2, 0.25) is 0 Å². The lowest BCUT2D eigenvalue weighted by molar-refractivity contribution is -0.126. The summed E-state index contributed by atoms with van der Waals surface area (Å²) in [4.78, 5) is 12.4. The molecule has 7 heteroatoms. The van der Waals surface area contributed by atoms with Crippen molar-refractivity contribution in [1.29, 1.82) is 0 Å². The molecule has 134 valence electrons. The molecule has 0 spiro atoms. The molecular formula is C17H26N2O4S. The largest absolute Gasteiger partial charge is 0.494 e. The fourth-order valence-corrected chi connectivity index (χ4v) is 4.04. The Morgan fingerprint density at radius 1 is 1.33 bits per heavy atom. The normalized spacial score (nSPS) is 19.0. The van der Waals surface area contributed by atoms with Crippen LogP contribution in [0.15, 0.2) is 24.3 Å². The molecule has 1 aliphatic rings. The molecule has 0 radical (unpaired) electrons.